The van der Waals surface area contributed by atoms with E-state index < -0.39 is 35.7 Å². The minimum atomic E-state index is -1.37. The number of ether oxygens (including phenoxy) is 1. The average Bonchev–Trinajstić information content (AvgIpc) is 2.64. The van der Waals surface area contributed by atoms with Gasteiger partial charge in [-0.2, -0.15) is 0 Å². The third-order valence-electron chi connectivity index (χ3n) is 4.02. The van der Waals surface area contributed by atoms with Gasteiger partial charge in [0.1, 0.15) is 5.82 Å². The van der Waals surface area contributed by atoms with Gasteiger partial charge in [0.05, 0.1) is 36.2 Å². The molecular weight excluding hydrogens is 343 g/mol. The highest BCUT2D eigenvalue weighted by Crippen LogP contribution is 2.18. The molecule has 2 aromatic carbocycles. The largest absolute Gasteiger partial charge is 0.465 e. The van der Waals surface area contributed by atoms with Gasteiger partial charge in [-0.1, -0.05) is 18.2 Å². The Morgan fingerprint density at radius 1 is 1.27 bits per heavy atom. The maximum Gasteiger partial charge on any atom is 0.337 e. The number of carbonyl (C=O) groups is 1. The van der Waals surface area contributed by atoms with Crippen molar-refractivity contribution in [3.8, 4) is 0 Å². The minimum absolute atomic E-state index is 0.0139. The molecule has 7 nitrogen and oxygen atoms in total. The quantitative estimate of drug-likeness (QED) is 0.686. The van der Waals surface area contributed by atoms with Crippen LogP contribution in [0.25, 0.3) is 10.9 Å². The van der Waals surface area contributed by atoms with Gasteiger partial charge in [0.15, 0.2) is 0 Å². The lowest BCUT2D eigenvalue weighted by molar-refractivity contribution is 0.0601. The zero-order chi connectivity index (χ0) is 18.8. The Balaban J connectivity index is 2.05. The summed E-state index contributed by atoms with van der Waals surface area (Å²) in [6.07, 6.45) is -1.37. The zero-order valence-corrected chi connectivity index (χ0v) is 13.7. The Labute approximate surface area is 146 Å². The number of aromatic amines is 1. The van der Waals surface area contributed by atoms with Crippen molar-refractivity contribution in [2.75, 3.05) is 7.11 Å². The van der Waals surface area contributed by atoms with Gasteiger partial charge in [-0.15, -0.1) is 0 Å². The molecule has 0 spiro atoms. The summed E-state index contributed by atoms with van der Waals surface area (Å²) in [6.45, 7) is -0.413. The maximum absolute atomic E-state index is 13.8. The van der Waals surface area contributed by atoms with Crippen molar-refractivity contribution in [2.24, 2.45) is 0 Å². The second-order valence-corrected chi connectivity index (χ2v) is 5.64. The van der Waals surface area contributed by atoms with Crippen LogP contribution in [0.15, 0.2) is 52.1 Å². The lowest BCUT2D eigenvalue weighted by Crippen LogP contribution is -2.36. The molecule has 3 rings (SSSR count). The van der Waals surface area contributed by atoms with Gasteiger partial charge in [0, 0.05) is 5.56 Å². The summed E-state index contributed by atoms with van der Waals surface area (Å²) in [5.41, 5.74) is -1.10. The summed E-state index contributed by atoms with van der Waals surface area (Å²) in [7, 11) is 1.22. The lowest BCUT2D eigenvalue weighted by Gasteiger charge is -2.13. The van der Waals surface area contributed by atoms with Crippen LogP contribution in [0, 0.1) is 5.82 Å². The molecule has 134 valence electrons. The van der Waals surface area contributed by atoms with Crippen LogP contribution in [-0.4, -0.2) is 27.7 Å². The van der Waals surface area contributed by atoms with Gasteiger partial charge in [0.2, 0.25) is 0 Å². The van der Waals surface area contributed by atoms with Gasteiger partial charge < -0.3 is 14.8 Å². The first-order valence-electron chi connectivity index (χ1n) is 7.70. The molecule has 0 bridgehead atoms. The monoisotopic (exact) mass is 358 g/mol. The number of esters is 1. The van der Waals surface area contributed by atoms with E-state index >= 15 is 0 Å². The molecule has 8 heteroatoms. The third kappa shape index (κ3) is 3.14. The van der Waals surface area contributed by atoms with Crippen LogP contribution in [-0.2, 0) is 11.3 Å². The number of nitrogens with one attached hydrogen (secondary N) is 1. The van der Waals surface area contributed by atoms with Crippen molar-refractivity contribution in [3.05, 3.63) is 80.2 Å². The number of rotatable bonds is 4. The predicted molar refractivity (Wildman–Crippen MR) is 91.5 cm³/mol. The Hall–Kier alpha value is -3.26. The van der Waals surface area contributed by atoms with Crippen molar-refractivity contribution < 1.29 is 19.0 Å². The van der Waals surface area contributed by atoms with Crippen LogP contribution >= 0.6 is 0 Å². The number of aliphatic hydroxyl groups excluding tert-OH is 1. The van der Waals surface area contributed by atoms with Crippen molar-refractivity contribution in [1.82, 2.24) is 9.55 Å². The number of aromatic nitrogens is 2. The summed E-state index contributed by atoms with van der Waals surface area (Å²) in [5, 5.41) is 10.4. The number of hydrogen-bond donors (Lipinski definition) is 2. The molecule has 0 radical (unpaired) electrons. The summed E-state index contributed by atoms with van der Waals surface area (Å²) < 4.78 is 19.2. The maximum atomic E-state index is 13.8. The summed E-state index contributed by atoms with van der Waals surface area (Å²) in [6, 6.07) is 9.69. The second kappa shape index (κ2) is 6.93. The Morgan fingerprint density at radius 3 is 2.69 bits per heavy atom. The van der Waals surface area contributed by atoms with Crippen LogP contribution in [0.5, 0.6) is 0 Å². The number of carbonyl (C=O) groups excluding carboxylic acids is 1. The van der Waals surface area contributed by atoms with Gasteiger partial charge in [-0.25, -0.2) is 14.0 Å². The van der Waals surface area contributed by atoms with Gasteiger partial charge in [-0.3, -0.25) is 9.36 Å². The summed E-state index contributed by atoms with van der Waals surface area (Å²) in [4.78, 5) is 38.9. The fourth-order valence-corrected chi connectivity index (χ4v) is 2.68. The van der Waals surface area contributed by atoms with E-state index in [0.29, 0.717) is 0 Å². The van der Waals surface area contributed by atoms with Gasteiger partial charge >= 0.3 is 11.7 Å². The van der Waals surface area contributed by atoms with E-state index in [-0.39, 0.29) is 22.0 Å². The molecule has 1 unspecified atom stereocenters. The highest BCUT2D eigenvalue weighted by molar-refractivity contribution is 5.93. The van der Waals surface area contributed by atoms with E-state index in [0.717, 1.165) is 4.57 Å². The van der Waals surface area contributed by atoms with Crippen molar-refractivity contribution in [1.29, 1.82) is 0 Å². The standard InChI is InChI=1S/C18H15FN2O5/c1-26-17(24)10-6-7-12-14(8-10)20-18(25)21(16(12)23)9-15(22)11-4-2-3-5-13(11)19/h2-8,15,22H,9H2,1H3,(H,20,25). The number of H-pyrrole nitrogens is 1. The van der Waals surface area contributed by atoms with Crippen molar-refractivity contribution in [3.63, 3.8) is 0 Å². The number of hydrogen-bond acceptors (Lipinski definition) is 5. The molecule has 2 N–H and O–H groups in total. The topological polar surface area (TPSA) is 101 Å². The van der Waals surface area contributed by atoms with Crippen molar-refractivity contribution >= 4 is 16.9 Å². The first-order chi connectivity index (χ1) is 12.4. The Bertz CT molecular complexity index is 1100. The molecule has 0 aliphatic heterocycles. The van der Waals surface area contributed by atoms with E-state index in [9.17, 15) is 23.9 Å². The Morgan fingerprint density at radius 2 is 2.00 bits per heavy atom. The van der Waals surface area contributed by atoms with E-state index in [1.807, 2.05) is 0 Å². The number of aliphatic hydroxyl groups is 1. The fraction of sp³-hybridized carbons (Fsp3) is 0.167. The number of nitrogens with zero attached hydrogens (tertiary/aromatic N) is 1. The molecule has 1 atom stereocenters. The smallest absolute Gasteiger partial charge is 0.337 e. The van der Waals surface area contributed by atoms with Crippen LogP contribution in [0.1, 0.15) is 22.0 Å². The van der Waals surface area contributed by atoms with Crippen LogP contribution < -0.4 is 11.2 Å². The second-order valence-electron chi connectivity index (χ2n) is 5.64. The fourth-order valence-electron chi connectivity index (χ4n) is 2.68. The number of methoxy groups -OCH3 is 1. The predicted octanol–water partition coefficient (Wildman–Crippen LogP) is 1.35. The molecule has 0 aliphatic carbocycles. The Kier molecular flexibility index (Phi) is 4.68. The van der Waals surface area contributed by atoms with E-state index in [4.69, 9.17) is 0 Å². The molecule has 26 heavy (non-hydrogen) atoms. The lowest BCUT2D eigenvalue weighted by atomic mass is 10.1. The van der Waals surface area contributed by atoms with Gasteiger partial charge in [-0.05, 0) is 24.3 Å². The van der Waals surface area contributed by atoms with Crippen LogP contribution in [0.2, 0.25) is 0 Å². The van der Waals surface area contributed by atoms with E-state index in [1.165, 1.54) is 43.5 Å². The van der Waals surface area contributed by atoms with Gasteiger partial charge in [0.25, 0.3) is 5.56 Å². The zero-order valence-electron chi connectivity index (χ0n) is 13.7. The molecule has 0 amide bonds. The molecule has 0 saturated heterocycles. The molecule has 0 aliphatic rings. The molecule has 0 saturated carbocycles. The number of halogens is 1. The van der Waals surface area contributed by atoms with Crippen molar-refractivity contribution in [2.45, 2.75) is 12.6 Å². The normalized spacial score (nSPS) is 12.1. The van der Waals surface area contributed by atoms with E-state index in [1.54, 1.807) is 6.07 Å². The highest BCUT2D eigenvalue weighted by Gasteiger charge is 2.17. The third-order valence-corrected chi connectivity index (χ3v) is 4.02. The summed E-state index contributed by atoms with van der Waals surface area (Å²) in [5.74, 6) is -1.24. The molecule has 1 aromatic heterocycles. The molecule has 0 fully saturated rings. The first-order valence-corrected chi connectivity index (χ1v) is 7.70. The van der Waals surface area contributed by atoms with E-state index in [2.05, 4.69) is 9.72 Å². The van der Waals surface area contributed by atoms with Crippen LogP contribution in [0.4, 0.5) is 4.39 Å². The van der Waals surface area contributed by atoms with Crippen LogP contribution in [0.3, 0.4) is 0 Å². The average molecular weight is 358 g/mol. The SMILES string of the molecule is COC(=O)c1ccc2c(=O)n(CC(O)c3ccccc3F)c(=O)[nH]c2c1. The molecular formula is C18H15FN2O5. The first kappa shape index (κ1) is 17.6. The highest BCUT2D eigenvalue weighted by atomic mass is 19.1. The molecule has 3 aromatic rings. The number of benzene rings is 2. The molecule has 1 heterocycles. The number of fused-ring (bicyclic) bond motifs is 1. The minimum Gasteiger partial charge on any atom is -0.465 e. The summed E-state index contributed by atoms with van der Waals surface area (Å²) >= 11 is 0.